The smallest absolute Gasteiger partial charge is 0.134 e. The highest BCUT2D eigenvalue weighted by Crippen LogP contribution is 2.28. The van der Waals surface area contributed by atoms with E-state index in [1.54, 1.807) is 11.3 Å². The highest BCUT2D eigenvalue weighted by atomic mass is 32.1. The van der Waals surface area contributed by atoms with Gasteiger partial charge in [0, 0.05) is 22.9 Å². The fourth-order valence-electron chi connectivity index (χ4n) is 1.84. The molecule has 0 fully saturated rings. The number of nitrogens with zero attached hydrogens (tertiary/aromatic N) is 1. The van der Waals surface area contributed by atoms with E-state index >= 15 is 0 Å². The third-order valence-corrected chi connectivity index (χ3v) is 3.59. The minimum Gasteiger partial charge on any atom is -0.461 e. The van der Waals surface area contributed by atoms with Gasteiger partial charge < -0.3 is 10.2 Å². The lowest BCUT2D eigenvalue weighted by Crippen LogP contribution is -1.95. The van der Waals surface area contributed by atoms with Gasteiger partial charge in [0.1, 0.15) is 16.4 Å². The van der Waals surface area contributed by atoms with Crippen molar-refractivity contribution >= 4 is 22.3 Å². The zero-order valence-electron chi connectivity index (χ0n) is 9.43. The molecule has 0 atom stereocenters. The summed E-state index contributed by atoms with van der Waals surface area (Å²) in [7, 11) is 0. The van der Waals surface area contributed by atoms with E-state index in [9.17, 15) is 0 Å². The number of benzene rings is 1. The summed E-state index contributed by atoms with van der Waals surface area (Å²) in [6, 6.07) is 8.16. The number of fused-ring (bicyclic) bond motifs is 1. The van der Waals surface area contributed by atoms with E-state index in [0.29, 0.717) is 6.54 Å². The first-order chi connectivity index (χ1) is 8.26. The van der Waals surface area contributed by atoms with Crippen LogP contribution in [-0.2, 0) is 6.54 Å². The molecule has 0 radical (unpaired) electrons. The van der Waals surface area contributed by atoms with Crippen molar-refractivity contribution < 1.29 is 4.42 Å². The largest absolute Gasteiger partial charge is 0.461 e. The van der Waals surface area contributed by atoms with Crippen molar-refractivity contribution in [3.8, 4) is 10.6 Å². The quantitative estimate of drug-likeness (QED) is 0.752. The molecule has 17 heavy (non-hydrogen) atoms. The van der Waals surface area contributed by atoms with Crippen molar-refractivity contribution in [1.82, 2.24) is 4.98 Å². The lowest BCUT2D eigenvalue weighted by atomic mass is 10.1. The molecular formula is C13H12N2OS. The van der Waals surface area contributed by atoms with Crippen LogP contribution in [0.25, 0.3) is 21.5 Å². The Bertz CT molecular complexity index is 669. The van der Waals surface area contributed by atoms with Crippen LogP contribution in [0.15, 0.2) is 34.1 Å². The topological polar surface area (TPSA) is 52.0 Å². The molecule has 86 valence electrons. The summed E-state index contributed by atoms with van der Waals surface area (Å²) >= 11 is 1.62. The highest BCUT2D eigenvalue weighted by molar-refractivity contribution is 7.13. The Labute approximate surface area is 103 Å². The van der Waals surface area contributed by atoms with Crippen LogP contribution in [0.5, 0.6) is 0 Å². The molecule has 0 unspecified atom stereocenters. The van der Waals surface area contributed by atoms with E-state index in [1.165, 1.54) is 0 Å². The van der Waals surface area contributed by atoms with Crippen molar-refractivity contribution in [3.05, 3.63) is 41.1 Å². The first-order valence-electron chi connectivity index (χ1n) is 5.41. The monoisotopic (exact) mass is 244 g/mol. The Morgan fingerprint density at radius 2 is 2.24 bits per heavy atom. The predicted octanol–water partition coefficient (Wildman–Crippen LogP) is 3.32. The molecule has 2 N–H and O–H groups in total. The van der Waals surface area contributed by atoms with Crippen LogP contribution in [0.4, 0.5) is 0 Å². The van der Waals surface area contributed by atoms with E-state index in [0.717, 1.165) is 33.0 Å². The van der Waals surface area contributed by atoms with Crippen molar-refractivity contribution in [2.75, 3.05) is 0 Å². The standard InChI is InChI=1S/C13H12N2OS/c1-8-4-10-5-9(2-3-12(10)16-8)13-15-11(6-14)7-17-13/h2-5,7H,6,14H2,1H3. The van der Waals surface area contributed by atoms with Crippen molar-refractivity contribution in [2.24, 2.45) is 5.73 Å². The second kappa shape index (κ2) is 3.98. The molecule has 0 spiro atoms. The normalized spacial score (nSPS) is 11.2. The van der Waals surface area contributed by atoms with Gasteiger partial charge in [0.05, 0.1) is 5.69 Å². The molecule has 0 saturated heterocycles. The van der Waals surface area contributed by atoms with Gasteiger partial charge in [-0.3, -0.25) is 0 Å². The summed E-state index contributed by atoms with van der Waals surface area (Å²) in [4.78, 5) is 4.48. The molecular weight excluding hydrogens is 232 g/mol. The van der Waals surface area contributed by atoms with Gasteiger partial charge in [0.25, 0.3) is 0 Å². The first-order valence-corrected chi connectivity index (χ1v) is 6.29. The molecule has 0 aliphatic rings. The van der Waals surface area contributed by atoms with Crippen LogP contribution in [0.1, 0.15) is 11.5 Å². The maximum absolute atomic E-state index is 5.56. The third kappa shape index (κ3) is 1.85. The Hall–Kier alpha value is -1.65. The van der Waals surface area contributed by atoms with Gasteiger partial charge in [-0.25, -0.2) is 4.98 Å². The molecule has 3 rings (SSSR count). The Morgan fingerprint density at radius 3 is 3.00 bits per heavy atom. The van der Waals surface area contributed by atoms with Gasteiger partial charge in [-0.15, -0.1) is 11.3 Å². The van der Waals surface area contributed by atoms with Crippen molar-refractivity contribution in [2.45, 2.75) is 13.5 Å². The van der Waals surface area contributed by atoms with Gasteiger partial charge in [0.2, 0.25) is 0 Å². The summed E-state index contributed by atoms with van der Waals surface area (Å²) in [5.74, 6) is 0.930. The summed E-state index contributed by atoms with van der Waals surface area (Å²) < 4.78 is 5.55. The average molecular weight is 244 g/mol. The average Bonchev–Trinajstić information content (AvgIpc) is 2.92. The molecule has 0 aliphatic heterocycles. The Balaban J connectivity index is 2.10. The number of aryl methyl sites for hydroxylation is 1. The minimum absolute atomic E-state index is 0.490. The van der Waals surface area contributed by atoms with Crippen LogP contribution < -0.4 is 5.73 Å². The highest BCUT2D eigenvalue weighted by Gasteiger charge is 2.06. The molecule has 2 heterocycles. The van der Waals surface area contributed by atoms with Crippen LogP contribution >= 0.6 is 11.3 Å². The lowest BCUT2D eigenvalue weighted by Gasteiger charge is -1.95. The zero-order valence-corrected chi connectivity index (χ0v) is 10.3. The predicted molar refractivity (Wildman–Crippen MR) is 70.0 cm³/mol. The number of aromatic nitrogens is 1. The van der Waals surface area contributed by atoms with Crippen molar-refractivity contribution in [1.29, 1.82) is 0 Å². The first kappa shape index (κ1) is 10.5. The molecule has 3 aromatic rings. The SMILES string of the molecule is Cc1cc2cc(-c3nc(CN)cs3)ccc2o1. The molecule has 0 bridgehead atoms. The summed E-state index contributed by atoms with van der Waals surface area (Å²) in [6.07, 6.45) is 0. The number of thiazole rings is 1. The Morgan fingerprint density at radius 1 is 1.35 bits per heavy atom. The Kier molecular flexibility index (Phi) is 2.46. The summed E-state index contributed by atoms with van der Waals surface area (Å²) in [5, 5.41) is 4.12. The van der Waals surface area contributed by atoms with Crippen LogP contribution in [0, 0.1) is 6.92 Å². The number of nitrogens with two attached hydrogens (primary N) is 1. The van der Waals surface area contributed by atoms with Gasteiger partial charge in [-0.1, -0.05) is 0 Å². The van der Waals surface area contributed by atoms with Gasteiger partial charge in [-0.2, -0.15) is 0 Å². The van der Waals surface area contributed by atoms with Crippen LogP contribution in [0.3, 0.4) is 0 Å². The van der Waals surface area contributed by atoms with Gasteiger partial charge >= 0.3 is 0 Å². The van der Waals surface area contributed by atoms with E-state index < -0.39 is 0 Å². The molecule has 0 aliphatic carbocycles. The fourth-order valence-corrected chi connectivity index (χ4v) is 2.67. The third-order valence-electron chi connectivity index (χ3n) is 2.65. The van der Waals surface area contributed by atoms with Crippen LogP contribution in [-0.4, -0.2) is 4.98 Å². The second-order valence-electron chi connectivity index (χ2n) is 3.96. The molecule has 2 aromatic heterocycles. The molecule has 4 heteroatoms. The fraction of sp³-hybridized carbons (Fsp3) is 0.154. The van der Waals surface area contributed by atoms with Gasteiger partial charge in [-0.05, 0) is 31.2 Å². The number of hydrogen-bond acceptors (Lipinski definition) is 4. The second-order valence-corrected chi connectivity index (χ2v) is 4.82. The molecule has 0 amide bonds. The minimum atomic E-state index is 0.490. The van der Waals surface area contributed by atoms with Crippen LogP contribution in [0.2, 0.25) is 0 Å². The lowest BCUT2D eigenvalue weighted by molar-refractivity contribution is 0.578. The number of furan rings is 1. The maximum Gasteiger partial charge on any atom is 0.134 e. The summed E-state index contributed by atoms with van der Waals surface area (Å²) in [6.45, 7) is 2.44. The molecule has 3 nitrogen and oxygen atoms in total. The molecule has 0 saturated carbocycles. The zero-order chi connectivity index (χ0) is 11.8. The van der Waals surface area contributed by atoms with E-state index in [-0.39, 0.29) is 0 Å². The van der Waals surface area contributed by atoms with E-state index in [2.05, 4.69) is 11.1 Å². The summed E-state index contributed by atoms with van der Waals surface area (Å²) in [5.41, 5.74) is 8.53. The van der Waals surface area contributed by atoms with E-state index in [4.69, 9.17) is 10.2 Å². The number of rotatable bonds is 2. The number of hydrogen-bond donors (Lipinski definition) is 1. The van der Waals surface area contributed by atoms with Crippen molar-refractivity contribution in [3.63, 3.8) is 0 Å². The maximum atomic E-state index is 5.56. The van der Waals surface area contributed by atoms with Gasteiger partial charge in [0.15, 0.2) is 0 Å². The van der Waals surface area contributed by atoms with E-state index in [1.807, 2.05) is 30.5 Å². The molecule has 1 aromatic carbocycles.